The molecular weight excluding hydrogens is 681 g/mol. The maximum atomic E-state index is 12.9. The lowest BCUT2D eigenvalue weighted by Gasteiger charge is -2.29. The molecule has 55 heavy (non-hydrogen) atoms. The lowest BCUT2D eigenvalue weighted by molar-refractivity contribution is 0.0582. The zero-order chi connectivity index (χ0) is 38.7. The van der Waals surface area contributed by atoms with E-state index in [0.717, 1.165) is 63.1 Å². The van der Waals surface area contributed by atoms with Crippen LogP contribution in [0.1, 0.15) is 54.4 Å². The van der Waals surface area contributed by atoms with Crippen molar-refractivity contribution in [2.75, 3.05) is 23.3 Å². The van der Waals surface area contributed by atoms with Crippen molar-refractivity contribution < 1.29 is 9.53 Å². The van der Waals surface area contributed by atoms with Gasteiger partial charge in [-0.25, -0.2) is 24.7 Å². The largest absolute Gasteiger partial charge is 0.443 e. The smallest absolute Gasteiger partial charge is 0.416 e. The monoisotopic (exact) mass is 726 g/mol. The standard InChI is InChI=1S/C26H27N3O2.C21H19N3/c1-17-8-12-19(13-9-17)22-23(20-14-10-18(2)11-15-20)28-24-21(27-22)7-6-16-29(24)25(30)31-26(3,4)5;1-14-5-9-16(10-6-14)19-20(17-11-7-15(2)8-12-17)24-21-18(23-19)4-3-13-22-21/h6-15H,16H2,1-5H3;3-12H,13H2,1-2H3,(H,22,24). The average Bonchev–Trinajstić information content (AvgIpc) is 3.17. The Morgan fingerprint density at radius 3 is 1.42 bits per heavy atom. The Bertz CT molecular complexity index is 2390. The van der Waals surface area contributed by atoms with Crippen molar-refractivity contribution in [3.63, 3.8) is 0 Å². The summed E-state index contributed by atoms with van der Waals surface area (Å²) in [6.45, 7) is 15.1. The van der Waals surface area contributed by atoms with Crippen LogP contribution in [-0.4, -0.2) is 44.7 Å². The minimum Gasteiger partial charge on any atom is -0.443 e. The van der Waals surface area contributed by atoms with E-state index in [-0.39, 0.29) is 0 Å². The number of carbonyl (C=O) groups is 1. The van der Waals surface area contributed by atoms with Gasteiger partial charge in [0, 0.05) is 35.3 Å². The first-order chi connectivity index (χ1) is 26.4. The molecule has 8 heteroatoms. The van der Waals surface area contributed by atoms with Gasteiger partial charge < -0.3 is 10.1 Å². The van der Waals surface area contributed by atoms with E-state index in [0.29, 0.717) is 18.1 Å². The highest BCUT2D eigenvalue weighted by Crippen LogP contribution is 2.36. The van der Waals surface area contributed by atoms with E-state index in [9.17, 15) is 4.79 Å². The Kier molecular flexibility index (Phi) is 10.4. The van der Waals surface area contributed by atoms with Crippen LogP contribution in [0.2, 0.25) is 0 Å². The topological polar surface area (TPSA) is 93.1 Å². The number of aryl methyl sites for hydroxylation is 4. The third kappa shape index (κ3) is 8.54. The lowest BCUT2D eigenvalue weighted by atomic mass is 10.0. The molecule has 4 heterocycles. The molecule has 0 atom stereocenters. The van der Waals surface area contributed by atoms with E-state index in [1.165, 1.54) is 22.3 Å². The third-order valence-corrected chi connectivity index (χ3v) is 9.22. The van der Waals surface area contributed by atoms with Crippen LogP contribution in [0.5, 0.6) is 0 Å². The maximum Gasteiger partial charge on any atom is 0.416 e. The number of hydrogen-bond donors (Lipinski definition) is 1. The SMILES string of the molecule is Cc1ccc(-c2nc3c(nc2-c2ccc(C)cc2)N(C(=O)OC(C)(C)C)CC=C3)cc1.Cc1ccc(-c2nc3c(nc2-c2ccc(C)cc2)NCC=C3)cc1. The van der Waals surface area contributed by atoms with Crippen molar-refractivity contribution in [2.24, 2.45) is 0 Å². The van der Waals surface area contributed by atoms with Crippen molar-refractivity contribution in [1.82, 2.24) is 19.9 Å². The van der Waals surface area contributed by atoms with E-state index < -0.39 is 11.7 Å². The highest BCUT2D eigenvalue weighted by atomic mass is 16.6. The van der Waals surface area contributed by atoms with Crippen LogP contribution in [0.3, 0.4) is 0 Å². The van der Waals surface area contributed by atoms with Crippen LogP contribution in [0.25, 0.3) is 57.2 Å². The zero-order valence-corrected chi connectivity index (χ0v) is 32.5. The maximum absolute atomic E-state index is 12.9. The Morgan fingerprint density at radius 1 is 0.564 bits per heavy atom. The summed E-state index contributed by atoms with van der Waals surface area (Å²) in [6.07, 6.45) is 7.51. The predicted molar refractivity (Wildman–Crippen MR) is 225 cm³/mol. The molecule has 6 aromatic rings. The van der Waals surface area contributed by atoms with Gasteiger partial charge in [0.2, 0.25) is 0 Å². The van der Waals surface area contributed by atoms with Crippen molar-refractivity contribution >= 4 is 29.9 Å². The first kappa shape index (κ1) is 36.9. The Labute approximate surface area is 323 Å². The number of amides is 1. The number of anilines is 2. The van der Waals surface area contributed by atoms with E-state index >= 15 is 0 Å². The second kappa shape index (κ2) is 15.5. The molecule has 2 aliphatic heterocycles. The van der Waals surface area contributed by atoms with Gasteiger partial charge in [-0.3, -0.25) is 4.90 Å². The molecule has 8 nitrogen and oxygen atoms in total. The molecule has 2 aromatic heterocycles. The molecule has 0 fully saturated rings. The molecule has 0 saturated carbocycles. The number of carbonyl (C=O) groups excluding carboxylic acids is 1. The first-order valence-corrected chi connectivity index (χ1v) is 18.6. The molecule has 0 unspecified atom stereocenters. The first-order valence-electron chi connectivity index (χ1n) is 18.6. The average molecular weight is 727 g/mol. The molecule has 1 N–H and O–H groups in total. The van der Waals surface area contributed by atoms with Gasteiger partial charge in [0.25, 0.3) is 0 Å². The van der Waals surface area contributed by atoms with Gasteiger partial charge in [0.05, 0.1) is 22.8 Å². The van der Waals surface area contributed by atoms with Crippen LogP contribution in [0, 0.1) is 27.7 Å². The second-order valence-corrected chi connectivity index (χ2v) is 15.0. The molecule has 0 bridgehead atoms. The highest BCUT2D eigenvalue weighted by molar-refractivity contribution is 5.92. The number of ether oxygens (including phenoxy) is 1. The molecular formula is C47H46N6O2. The fraction of sp³-hybridized carbons (Fsp3) is 0.213. The number of benzene rings is 4. The lowest BCUT2D eigenvalue weighted by Crippen LogP contribution is -2.39. The van der Waals surface area contributed by atoms with Gasteiger partial charge in [-0.1, -0.05) is 131 Å². The minimum absolute atomic E-state index is 0.397. The summed E-state index contributed by atoms with van der Waals surface area (Å²) in [7, 11) is 0. The van der Waals surface area contributed by atoms with Crippen molar-refractivity contribution in [3.05, 3.63) is 143 Å². The van der Waals surface area contributed by atoms with Crippen LogP contribution in [0.4, 0.5) is 16.4 Å². The van der Waals surface area contributed by atoms with Crippen LogP contribution >= 0.6 is 0 Å². The molecule has 2 aliphatic rings. The highest BCUT2D eigenvalue weighted by Gasteiger charge is 2.29. The summed E-state index contributed by atoms with van der Waals surface area (Å²) in [5.41, 5.74) is 13.3. The van der Waals surface area contributed by atoms with Gasteiger partial charge >= 0.3 is 6.09 Å². The molecule has 4 aromatic carbocycles. The number of hydrogen-bond acceptors (Lipinski definition) is 7. The van der Waals surface area contributed by atoms with E-state index in [2.05, 4.69) is 124 Å². The summed E-state index contributed by atoms with van der Waals surface area (Å²) < 4.78 is 5.61. The predicted octanol–water partition coefficient (Wildman–Crippen LogP) is 11.1. The molecule has 1 amide bonds. The Balaban J connectivity index is 0.000000174. The zero-order valence-electron chi connectivity index (χ0n) is 32.5. The van der Waals surface area contributed by atoms with Crippen molar-refractivity contribution in [1.29, 1.82) is 0 Å². The molecule has 0 spiro atoms. The fourth-order valence-corrected chi connectivity index (χ4v) is 6.26. The summed E-state index contributed by atoms with van der Waals surface area (Å²) in [5.74, 6) is 1.37. The van der Waals surface area contributed by atoms with E-state index in [4.69, 9.17) is 24.7 Å². The number of nitrogens with zero attached hydrogens (tertiary/aromatic N) is 5. The molecule has 276 valence electrons. The van der Waals surface area contributed by atoms with Gasteiger partial charge in [-0.15, -0.1) is 0 Å². The number of rotatable bonds is 4. The summed E-state index contributed by atoms with van der Waals surface area (Å²) in [4.78, 5) is 34.1. The van der Waals surface area contributed by atoms with Crippen molar-refractivity contribution in [2.45, 2.75) is 54.1 Å². The van der Waals surface area contributed by atoms with Crippen LogP contribution in [0.15, 0.2) is 109 Å². The van der Waals surface area contributed by atoms with Gasteiger partial charge in [-0.2, -0.15) is 0 Å². The van der Waals surface area contributed by atoms with E-state index in [1.807, 2.05) is 51.1 Å². The fourth-order valence-electron chi connectivity index (χ4n) is 6.26. The molecule has 0 aliphatic carbocycles. The van der Waals surface area contributed by atoms with Crippen molar-refractivity contribution in [3.8, 4) is 45.0 Å². The minimum atomic E-state index is -0.590. The number of fused-ring (bicyclic) bond motifs is 2. The third-order valence-electron chi connectivity index (χ3n) is 9.22. The summed E-state index contributed by atoms with van der Waals surface area (Å²) in [6, 6.07) is 33.4. The van der Waals surface area contributed by atoms with Gasteiger partial charge in [0.1, 0.15) is 17.0 Å². The van der Waals surface area contributed by atoms with Gasteiger partial charge in [-0.05, 0) is 60.6 Å². The number of nitrogens with one attached hydrogen (secondary N) is 1. The number of aromatic nitrogens is 4. The molecule has 0 saturated heterocycles. The summed E-state index contributed by atoms with van der Waals surface area (Å²) in [5, 5.41) is 3.31. The van der Waals surface area contributed by atoms with Crippen LogP contribution < -0.4 is 10.2 Å². The Hall–Kier alpha value is -6.41. The Morgan fingerprint density at radius 2 is 0.964 bits per heavy atom. The second-order valence-electron chi connectivity index (χ2n) is 15.0. The van der Waals surface area contributed by atoms with Crippen LogP contribution in [-0.2, 0) is 4.74 Å². The quantitative estimate of drug-likeness (QED) is 0.193. The summed E-state index contributed by atoms with van der Waals surface area (Å²) >= 11 is 0. The molecule has 8 rings (SSSR count). The van der Waals surface area contributed by atoms with E-state index in [1.54, 1.807) is 4.90 Å². The molecule has 0 radical (unpaired) electrons. The normalized spacial score (nSPS) is 12.9. The van der Waals surface area contributed by atoms with Gasteiger partial charge in [0.15, 0.2) is 11.6 Å².